The smallest absolute Gasteiger partial charge is 0.227 e. The van der Waals surface area contributed by atoms with E-state index in [-0.39, 0.29) is 12.2 Å². The molecule has 3 rings (SSSR count). The average molecular weight is 351 g/mol. The minimum absolute atomic E-state index is 0.0667. The van der Waals surface area contributed by atoms with Gasteiger partial charge < -0.3 is 5.32 Å². The molecule has 1 N–H and O–H groups in total. The van der Waals surface area contributed by atoms with Gasteiger partial charge in [-0.1, -0.05) is 24.8 Å². The van der Waals surface area contributed by atoms with Crippen LogP contribution in [0.3, 0.4) is 0 Å². The first-order valence-corrected chi connectivity index (χ1v) is 8.70. The van der Waals surface area contributed by atoms with Crippen molar-refractivity contribution in [1.82, 2.24) is 9.97 Å². The number of nitrogens with zero attached hydrogens (tertiary/aromatic N) is 2. The predicted molar refractivity (Wildman–Crippen MR) is 101 cm³/mol. The fourth-order valence-corrected chi connectivity index (χ4v) is 2.79. The minimum Gasteiger partial charge on any atom is -0.324 e. The Hall–Kier alpha value is -2.82. The molecule has 0 unspecified atom stereocenters. The normalized spacial score (nSPS) is 14.2. The highest BCUT2D eigenvalue weighted by Gasteiger charge is 2.26. The molecule has 0 radical (unpaired) electrons. The Balaban J connectivity index is 1.74. The van der Waals surface area contributed by atoms with Gasteiger partial charge in [0.05, 0.1) is 0 Å². The Bertz CT molecular complexity index is 867. The van der Waals surface area contributed by atoms with E-state index in [0.717, 1.165) is 11.3 Å². The molecule has 0 amide bonds. The van der Waals surface area contributed by atoms with E-state index in [4.69, 9.17) is 0 Å². The van der Waals surface area contributed by atoms with Crippen LogP contribution in [0.4, 0.5) is 10.3 Å². The molecule has 1 aromatic carbocycles. The zero-order valence-corrected chi connectivity index (χ0v) is 15.1. The second kappa shape index (κ2) is 7.60. The summed E-state index contributed by atoms with van der Waals surface area (Å²) in [7, 11) is 0. The number of hydrogen-bond donors (Lipinski definition) is 1. The van der Waals surface area contributed by atoms with Crippen molar-refractivity contribution < 1.29 is 9.18 Å². The summed E-state index contributed by atoms with van der Waals surface area (Å²) in [6, 6.07) is 4.83. The van der Waals surface area contributed by atoms with Gasteiger partial charge >= 0.3 is 0 Å². The van der Waals surface area contributed by atoms with Crippen LogP contribution in [0.15, 0.2) is 54.5 Å². The van der Waals surface area contributed by atoms with Crippen LogP contribution in [0.2, 0.25) is 0 Å². The van der Waals surface area contributed by atoms with Gasteiger partial charge in [-0.15, -0.1) is 0 Å². The molecule has 1 aliphatic rings. The molecule has 134 valence electrons. The number of allylic oxidation sites excluding steroid dienone is 2. The van der Waals surface area contributed by atoms with Crippen molar-refractivity contribution in [2.75, 3.05) is 5.32 Å². The number of aromatic nitrogens is 2. The largest absolute Gasteiger partial charge is 0.324 e. The summed E-state index contributed by atoms with van der Waals surface area (Å²) in [5.41, 5.74) is 3.82. The number of halogens is 1. The van der Waals surface area contributed by atoms with E-state index < -0.39 is 5.82 Å². The molecule has 1 aromatic heterocycles. The van der Waals surface area contributed by atoms with E-state index in [1.165, 1.54) is 25.8 Å². The number of ketones is 1. The molecular weight excluding hydrogens is 329 g/mol. The topological polar surface area (TPSA) is 54.9 Å². The third kappa shape index (κ3) is 4.23. The number of benzene rings is 1. The monoisotopic (exact) mass is 351 g/mol. The molecule has 26 heavy (non-hydrogen) atoms. The summed E-state index contributed by atoms with van der Waals surface area (Å²) < 4.78 is 14.1. The number of carbonyl (C=O) groups excluding carboxylic acids is 1. The number of nitrogens with one attached hydrogen (secondary N) is 1. The summed E-state index contributed by atoms with van der Waals surface area (Å²) >= 11 is 0. The quantitative estimate of drug-likeness (QED) is 0.735. The summed E-state index contributed by atoms with van der Waals surface area (Å²) in [4.78, 5) is 19.8. The van der Waals surface area contributed by atoms with Gasteiger partial charge in [-0.05, 0) is 55.4 Å². The standard InChI is InChI=1S/C21H22FN3O/c1-4-20(14(3)15-5-6-15)25-21-23-11-18(12-24-21)16-7-8-17(9-13(2)26)19(22)10-16/h4,7-8,10-12,15H,3,5-6,9H2,1-2H3,(H,23,24,25)/b20-4+. The maximum absolute atomic E-state index is 14.1. The van der Waals surface area contributed by atoms with Crippen LogP contribution >= 0.6 is 0 Å². The van der Waals surface area contributed by atoms with Gasteiger partial charge in [-0.2, -0.15) is 0 Å². The summed E-state index contributed by atoms with van der Waals surface area (Å²) in [6.07, 6.45) is 7.75. The summed E-state index contributed by atoms with van der Waals surface area (Å²) in [5, 5.41) is 3.20. The lowest BCUT2D eigenvalue weighted by Crippen LogP contribution is -2.06. The first-order chi connectivity index (χ1) is 12.5. The molecule has 1 saturated carbocycles. The molecular formula is C21H22FN3O. The Morgan fingerprint density at radius 2 is 2.00 bits per heavy atom. The van der Waals surface area contributed by atoms with Crippen LogP contribution in [0.25, 0.3) is 11.1 Å². The van der Waals surface area contributed by atoms with Crippen molar-refractivity contribution in [3.8, 4) is 11.1 Å². The summed E-state index contributed by atoms with van der Waals surface area (Å²) in [5.74, 6) is 0.585. The highest BCUT2D eigenvalue weighted by Crippen LogP contribution is 2.38. The van der Waals surface area contributed by atoms with Crippen molar-refractivity contribution in [3.05, 3.63) is 65.9 Å². The van der Waals surface area contributed by atoms with Gasteiger partial charge in [0.1, 0.15) is 11.6 Å². The van der Waals surface area contributed by atoms with Crippen molar-refractivity contribution in [3.63, 3.8) is 0 Å². The molecule has 0 bridgehead atoms. The number of carbonyl (C=O) groups is 1. The Labute approximate surface area is 152 Å². The van der Waals surface area contributed by atoms with E-state index >= 15 is 0 Å². The van der Waals surface area contributed by atoms with Crippen molar-refractivity contribution >= 4 is 11.7 Å². The first kappa shape index (κ1) is 18.0. The Morgan fingerprint density at radius 3 is 2.54 bits per heavy atom. The highest BCUT2D eigenvalue weighted by molar-refractivity contribution is 5.78. The lowest BCUT2D eigenvalue weighted by molar-refractivity contribution is -0.116. The summed E-state index contributed by atoms with van der Waals surface area (Å²) in [6.45, 7) is 7.54. The molecule has 1 heterocycles. The van der Waals surface area contributed by atoms with E-state index in [1.54, 1.807) is 24.5 Å². The highest BCUT2D eigenvalue weighted by atomic mass is 19.1. The van der Waals surface area contributed by atoms with Crippen LogP contribution in [0.5, 0.6) is 0 Å². The van der Waals surface area contributed by atoms with Crippen molar-refractivity contribution in [1.29, 1.82) is 0 Å². The zero-order chi connectivity index (χ0) is 18.7. The lowest BCUT2D eigenvalue weighted by Gasteiger charge is -2.12. The number of hydrogen-bond acceptors (Lipinski definition) is 4. The van der Waals surface area contributed by atoms with Crippen LogP contribution in [0.1, 0.15) is 32.3 Å². The molecule has 1 fully saturated rings. The Kier molecular flexibility index (Phi) is 5.26. The fourth-order valence-electron chi connectivity index (χ4n) is 2.79. The van der Waals surface area contributed by atoms with Gasteiger partial charge in [0.25, 0.3) is 0 Å². The molecule has 2 aromatic rings. The minimum atomic E-state index is -0.392. The van der Waals surface area contributed by atoms with Gasteiger partial charge in [0.15, 0.2) is 0 Å². The predicted octanol–water partition coefficient (Wildman–Crippen LogP) is 4.70. The Morgan fingerprint density at radius 1 is 1.31 bits per heavy atom. The third-order valence-corrected chi connectivity index (χ3v) is 4.43. The van der Waals surface area contributed by atoms with Crippen LogP contribution in [0, 0.1) is 11.7 Å². The molecule has 4 nitrogen and oxygen atoms in total. The average Bonchev–Trinajstić information content (AvgIpc) is 3.46. The number of Topliss-reactive ketones (excluding diaryl/α,β-unsaturated/α-hetero) is 1. The number of anilines is 1. The second-order valence-corrected chi connectivity index (χ2v) is 6.61. The van der Waals surface area contributed by atoms with E-state index in [1.807, 2.05) is 13.0 Å². The van der Waals surface area contributed by atoms with E-state index in [2.05, 4.69) is 21.9 Å². The van der Waals surface area contributed by atoms with Crippen molar-refractivity contribution in [2.45, 2.75) is 33.1 Å². The lowest BCUT2D eigenvalue weighted by atomic mass is 10.0. The fraction of sp³-hybridized carbons (Fsp3) is 0.286. The maximum atomic E-state index is 14.1. The molecule has 0 atom stereocenters. The van der Waals surface area contributed by atoms with Gasteiger partial charge in [0, 0.05) is 30.1 Å². The van der Waals surface area contributed by atoms with E-state index in [0.29, 0.717) is 28.6 Å². The second-order valence-electron chi connectivity index (χ2n) is 6.61. The molecule has 0 saturated heterocycles. The van der Waals surface area contributed by atoms with Crippen LogP contribution in [-0.4, -0.2) is 15.8 Å². The van der Waals surface area contributed by atoms with Crippen LogP contribution < -0.4 is 5.32 Å². The van der Waals surface area contributed by atoms with Gasteiger partial charge in [0.2, 0.25) is 5.95 Å². The third-order valence-electron chi connectivity index (χ3n) is 4.43. The van der Waals surface area contributed by atoms with Gasteiger partial charge in [-0.25, -0.2) is 14.4 Å². The molecule has 5 heteroatoms. The maximum Gasteiger partial charge on any atom is 0.227 e. The number of rotatable bonds is 7. The zero-order valence-electron chi connectivity index (χ0n) is 15.1. The first-order valence-electron chi connectivity index (χ1n) is 8.70. The molecule has 0 aliphatic heterocycles. The molecule has 1 aliphatic carbocycles. The SMILES string of the molecule is C=C(/C(=C\C)Nc1ncc(-c2ccc(CC(C)=O)c(F)c2)cn1)C1CC1. The molecule has 0 spiro atoms. The van der Waals surface area contributed by atoms with E-state index in [9.17, 15) is 9.18 Å². The van der Waals surface area contributed by atoms with Crippen LogP contribution in [-0.2, 0) is 11.2 Å². The van der Waals surface area contributed by atoms with Crippen molar-refractivity contribution in [2.24, 2.45) is 5.92 Å². The van der Waals surface area contributed by atoms with Gasteiger partial charge in [-0.3, -0.25) is 4.79 Å².